The second-order valence-electron chi connectivity index (χ2n) is 23.8. The number of carbonyl (C=O) groups is 5. The van der Waals surface area contributed by atoms with Crippen molar-refractivity contribution in [2.24, 2.45) is 11.7 Å². The molecule has 37 nitrogen and oxygen atoms in total. The van der Waals surface area contributed by atoms with Crippen LogP contribution in [-0.4, -0.2) is 305 Å². The van der Waals surface area contributed by atoms with E-state index >= 15 is 0 Å². The molecule has 5 aliphatic heterocycles. The minimum absolute atomic E-state index is 0.103. The number of carbonyl (C=O) groups excluding carboxylic acids is 6. The molecule has 94 heavy (non-hydrogen) atoms. The van der Waals surface area contributed by atoms with Crippen molar-refractivity contribution in [3.8, 4) is 5.75 Å². The summed E-state index contributed by atoms with van der Waals surface area (Å²) < 4.78 is 34.0. The molecule has 1 radical (unpaired) electrons. The molecule has 5 saturated heterocycles. The Balaban J connectivity index is 1.15. The minimum Gasteiger partial charge on any atom is -0.460 e. The molecule has 26 N–H and O–H groups in total. The van der Waals surface area contributed by atoms with Gasteiger partial charge in [-0.05, 0) is 29.2 Å². The summed E-state index contributed by atoms with van der Waals surface area (Å²) in [6.07, 6.45) is -30.8. The van der Waals surface area contributed by atoms with Gasteiger partial charge in [-0.15, -0.1) is 0 Å². The van der Waals surface area contributed by atoms with Crippen molar-refractivity contribution in [2.75, 3.05) is 45.3 Å². The molecule has 0 aliphatic carbocycles. The fourth-order valence-corrected chi connectivity index (χ4v) is 11.3. The molecule has 2 aromatic rings. The Morgan fingerprint density at radius 2 is 1.33 bits per heavy atom. The third kappa shape index (κ3) is 17.3. The number of nitrogen functional groups attached to an aromatic ring is 1. The maximum atomic E-state index is 15.0. The highest BCUT2D eigenvalue weighted by atomic mass is 16.7. The Morgan fingerprint density at radius 1 is 0.702 bits per heavy atom. The van der Waals surface area contributed by atoms with Crippen molar-refractivity contribution in [2.45, 2.75) is 186 Å². The van der Waals surface area contributed by atoms with Crippen LogP contribution in [0.1, 0.15) is 44.2 Å². The second kappa shape index (κ2) is 33.0. The van der Waals surface area contributed by atoms with Crippen LogP contribution in [0.15, 0.2) is 48.5 Å². The van der Waals surface area contributed by atoms with Gasteiger partial charge in [0.25, 0.3) is 0 Å². The Morgan fingerprint density at radius 3 is 1.94 bits per heavy atom. The quantitative estimate of drug-likeness (QED) is 0.0266. The summed E-state index contributed by atoms with van der Waals surface area (Å²) in [5, 5.41) is 175. The molecular weight excluding hydrogens is 1250 g/mol. The van der Waals surface area contributed by atoms with Gasteiger partial charge in [-0.3, -0.25) is 39.6 Å². The molecule has 0 aromatic heterocycles. The summed E-state index contributed by atoms with van der Waals surface area (Å²) in [6.45, 7) is 0.619. The first-order chi connectivity index (χ1) is 44.6. The summed E-state index contributed by atoms with van der Waals surface area (Å²) in [4.78, 5) is 83.5. The van der Waals surface area contributed by atoms with E-state index in [2.05, 4.69) is 37.2 Å². The molecule has 523 valence electrons. The second-order valence-corrected chi connectivity index (χ2v) is 23.8. The normalized spacial score (nSPS) is 32.0. The standard InChI is InChI=1S/C57H85N12O25/c1-21(2)11-34(75)93-48-41(79)32(19-73)91-55(46(48)84)94-47-33(20-74)92-54(45(83)43(47)81)90-30-10-9-23(12-26(30)58)13-27(65-50(86)35(59)22(3)24-7-5-4-6-8-24)49(85)67-36(38(76)28-14-62-56(60)66-28)52(88)68-37(51(87)64-25(16-70)17-71)39(77)29-15-63-57(61)69(29)53-44(82)42(80)40(78)31(18-72)89-53/h4-10,12,21-22,25,27-29,31-33,35-48,53-55,70,72-74,76-84H,11,13-16,18-20,58-59H2,1-3H3,(H2,61,63)(H,64,87)(H,65,86)(H,67,85)(H,68,88)(H3,60,62,66)/t22?,25-,27-,28?,29?,31?,32?,33?,35-,36-,37-,38?,39?,40?,41?,42?,43?,44?,45?,46?,47?,48?,53?,54?,55?/m0/s1. The van der Waals surface area contributed by atoms with Gasteiger partial charge in [0.05, 0.1) is 50.2 Å². The number of anilines is 1. The first-order valence-electron chi connectivity index (χ1n) is 30.1. The lowest BCUT2D eigenvalue weighted by Gasteiger charge is -2.46. The van der Waals surface area contributed by atoms with E-state index in [9.17, 15) is 95.2 Å². The summed E-state index contributed by atoms with van der Waals surface area (Å²) in [5.74, 6) is -7.88. The smallest absolute Gasteiger partial charge is 0.306 e. The number of amides is 4. The number of ether oxygens (including phenoxy) is 6. The molecule has 7 rings (SSSR count). The Hall–Kier alpha value is -7.12. The van der Waals surface area contributed by atoms with Crippen LogP contribution in [0, 0.1) is 16.7 Å². The first kappa shape index (κ1) is 74.3. The number of hydrogen-bond acceptors (Lipinski definition) is 29. The maximum Gasteiger partial charge on any atom is 0.306 e. The van der Waals surface area contributed by atoms with Crippen LogP contribution in [-0.2, 0) is 58.9 Å². The average Bonchev–Trinajstić information content (AvgIpc) is 1.37. The van der Waals surface area contributed by atoms with E-state index in [4.69, 9.17) is 50.7 Å². The third-order valence-electron chi connectivity index (χ3n) is 16.7. The average molecular weight is 1340 g/mol. The van der Waals surface area contributed by atoms with Crippen molar-refractivity contribution in [3.63, 3.8) is 0 Å². The molecule has 0 bridgehead atoms. The molecule has 0 spiro atoms. The van der Waals surface area contributed by atoms with Gasteiger partial charge in [0, 0.05) is 31.8 Å². The van der Waals surface area contributed by atoms with Crippen molar-refractivity contribution in [1.82, 2.24) is 42.1 Å². The minimum atomic E-state index is -2.31. The number of aliphatic hydroxyl groups is 13. The number of hydrogen-bond donors (Lipinski definition) is 24. The number of benzene rings is 2. The van der Waals surface area contributed by atoms with E-state index in [1.165, 1.54) is 24.5 Å². The SMILES string of the molecule is CC(C)CC(=O)OC1C(O)C(CO)OC(OC2C(CO)OC(Oc3ccc(C[C@H](NC(=O)[C@@H](N)C(C)c4ccccc4)C(=O)N[C@H](C(=O)N[C@H](C(=O)N[C@H]([C]=O)CO)C(O)C4CNC(=N)N4C4OC(CO)C(O)C(O)C4O)C(O)C4CNC(=N)N4)cc3N)C(O)C2O)C1O. The zero-order chi connectivity index (χ0) is 69.2. The highest BCUT2D eigenvalue weighted by molar-refractivity contribution is 5.96. The van der Waals surface area contributed by atoms with Gasteiger partial charge >= 0.3 is 5.97 Å². The summed E-state index contributed by atoms with van der Waals surface area (Å²) >= 11 is 0. The largest absolute Gasteiger partial charge is 0.460 e. The van der Waals surface area contributed by atoms with Crippen LogP contribution < -0.4 is 53.4 Å². The molecular formula is C57H85N12O25. The maximum absolute atomic E-state index is 15.0. The zero-order valence-electron chi connectivity index (χ0n) is 51.1. The van der Waals surface area contributed by atoms with Gasteiger partial charge in [-0.2, -0.15) is 0 Å². The molecule has 0 saturated carbocycles. The number of guanidine groups is 2. The number of rotatable bonds is 29. The molecule has 5 aliphatic rings. The summed E-state index contributed by atoms with van der Waals surface area (Å²) in [6, 6.07) is -0.0445. The van der Waals surface area contributed by atoms with E-state index in [0.717, 1.165) is 4.90 Å². The van der Waals surface area contributed by atoms with Gasteiger partial charge < -0.3 is 148 Å². The van der Waals surface area contributed by atoms with E-state index < -0.39 is 227 Å². The highest BCUT2D eigenvalue weighted by Gasteiger charge is 2.55. The van der Waals surface area contributed by atoms with Gasteiger partial charge in [-0.25, -0.2) is 0 Å². The van der Waals surface area contributed by atoms with Crippen molar-refractivity contribution in [1.29, 1.82) is 10.8 Å². The Labute approximate surface area is 537 Å². The predicted molar refractivity (Wildman–Crippen MR) is 318 cm³/mol. The monoisotopic (exact) mass is 1340 g/mol. The molecule has 25 atom stereocenters. The lowest BCUT2D eigenvalue weighted by atomic mass is 9.93. The van der Waals surface area contributed by atoms with E-state index in [-0.39, 0.29) is 41.8 Å². The topological polar surface area (TPSA) is 608 Å². The number of esters is 1. The van der Waals surface area contributed by atoms with Gasteiger partial charge in [0.15, 0.2) is 30.5 Å². The number of nitrogens with two attached hydrogens (primary N) is 2. The zero-order valence-corrected chi connectivity index (χ0v) is 51.1. The molecule has 2 aromatic carbocycles. The molecule has 20 unspecified atom stereocenters. The lowest BCUT2D eigenvalue weighted by molar-refractivity contribution is -0.353. The van der Waals surface area contributed by atoms with Crippen LogP contribution in [0.5, 0.6) is 5.75 Å². The van der Waals surface area contributed by atoms with Crippen molar-refractivity contribution < 1.29 is 124 Å². The van der Waals surface area contributed by atoms with Crippen molar-refractivity contribution >= 4 is 53.5 Å². The Bertz CT molecular complexity index is 2930. The number of aliphatic hydroxyl groups excluding tert-OH is 13. The lowest BCUT2D eigenvalue weighted by Crippen LogP contribution is -2.69. The van der Waals surface area contributed by atoms with Crippen LogP contribution in [0.4, 0.5) is 5.69 Å². The number of nitrogens with zero attached hydrogens (tertiary/aromatic N) is 1. The van der Waals surface area contributed by atoms with Crippen LogP contribution in [0.2, 0.25) is 0 Å². The number of nitrogens with one attached hydrogen (secondary N) is 9. The molecule has 37 heteroatoms. The van der Waals surface area contributed by atoms with E-state index in [1.807, 2.05) is 0 Å². The van der Waals surface area contributed by atoms with Gasteiger partial charge in [-0.1, -0.05) is 57.2 Å². The van der Waals surface area contributed by atoms with Crippen LogP contribution in [0.25, 0.3) is 0 Å². The Kier molecular flexibility index (Phi) is 26.1. The van der Waals surface area contributed by atoms with E-state index in [1.54, 1.807) is 51.1 Å². The first-order valence-corrected chi connectivity index (χ1v) is 30.1. The molecule has 5 heterocycles. The fourth-order valence-electron chi connectivity index (χ4n) is 11.3. The van der Waals surface area contributed by atoms with Gasteiger partial charge in [0.1, 0.15) is 109 Å². The van der Waals surface area contributed by atoms with Crippen molar-refractivity contribution in [3.05, 3.63) is 59.7 Å². The summed E-state index contributed by atoms with van der Waals surface area (Å²) in [7, 11) is 0. The fraction of sp³-hybridized carbons (Fsp3) is 0.649. The molecule has 5 fully saturated rings. The highest BCUT2D eigenvalue weighted by Crippen LogP contribution is 2.34. The third-order valence-corrected chi connectivity index (χ3v) is 16.7. The van der Waals surface area contributed by atoms with E-state index in [0.29, 0.717) is 5.56 Å². The predicted octanol–water partition coefficient (Wildman–Crippen LogP) is -11.2. The molecule has 4 amide bonds. The van der Waals surface area contributed by atoms with Crippen LogP contribution in [0.3, 0.4) is 0 Å². The van der Waals surface area contributed by atoms with Crippen LogP contribution >= 0.6 is 0 Å². The van der Waals surface area contributed by atoms with Gasteiger partial charge in [0.2, 0.25) is 36.2 Å². The summed E-state index contributed by atoms with van der Waals surface area (Å²) in [5.41, 5.74) is 13.5.